The van der Waals surface area contributed by atoms with Crippen LogP contribution in [-0.4, -0.2) is 5.71 Å². The van der Waals surface area contributed by atoms with Gasteiger partial charge in [0, 0.05) is 5.71 Å². The van der Waals surface area contributed by atoms with Gasteiger partial charge in [0.15, 0.2) is 0 Å². The minimum atomic E-state index is 1.05. The van der Waals surface area contributed by atoms with Crippen molar-refractivity contribution in [3.63, 3.8) is 0 Å². The number of benzene rings is 2. The van der Waals surface area contributed by atoms with Crippen molar-refractivity contribution in [1.29, 1.82) is 0 Å². The first-order valence-corrected chi connectivity index (χ1v) is 7.85. The average Bonchev–Trinajstić information content (AvgIpc) is 2.53. The van der Waals surface area contributed by atoms with Crippen LogP contribution in [0.3, 0.4) is 0 Å². The Bertz CT molecular complexity index is 512. The fourth-order valence-corrected chi connectivity index (χ4v) is 1.61. The second-order valence-corrected chi connectivity index (χ2v) is 4.56. The van der Waals surface area contributed by atoms with E-state index >= 15 is 0 Å². The Morgan fingerprint density at radius 3 is 1.86 bits per heavy atom. The van der Waals surface area contributed by atoms with Gasteiger partial charge in [0.25, 0.3) is 0 Å². The zero-order valence-corrected chi connectivity index (χ0v) is 14.4. The summed E-state index contributed by atoms with van der Waals surface area (Å²) in [6.45, 7) is 12.4. The molecule has 2 aromatic rings. The Morgan fingerprint density at radius 2 is 1.33 bits per heavy atom. The molecule has 1 heteroatoms. The molecular weight excluding hydrogens is 254 g/mol. The smallest absolute Gasteiger partial charge is 0.0662 e. The van der Waals surface area contributed by atoms with Gasteiger partial charge in [-0.1, -0.05) is 82.6 Å². The third-order valence-electron chi connectivity index (χ3n) is 2.60. The van der Waals surface area contributed by atoms with E-state index in [1.165, 1.54) is 17.5 Å². The van der Waals surface area contributed by atoms with E-state index in [-0.39, 0.29) is 0 Å². The minimum Gasteiger partial charge on any atom is -0.253 e. The molecule has 0 aromatic heterocycles. The molecule has 0 radical (unpaired) electrons. The highest BCUT2D eigenvalue weighted by Crippen LogP contribution is 2.18. The highest BCUT2D eigenvalue weighted by molar-refractivity contribution is 6.00. The molecule has 0 fully saturated rings. The van der Waals surface area contributed by atoms with Crippen LogP contribution in [0.2, 0.25) is 0 Å². The van der Waals surface area contributed by atoms with Gasteiger partial charge >= 0.3 is 0 Å². The van der Waals surface area contributed by atoms with E-state index in [0.717, 1.165) is 11.4 Å². The number of hydrogen-bond donors (Lipinski definition) is 0. The van der Waals surface area contributed by atoms with Gasteiger partial charge in [-0.2, -0.15) is 0 Å². The lowest BCUT2D eigenvalue weighted by atomic mass is 10.1. The topological polar surface area (TPSA) is 12.4 Å². The normalized spacial score (nSPS) is 9.90. The van der Waals surface area contributed by atoms with Gasteiger partial charge in [0.05, 0.1) is 5.69 Å². The van der Waals surface area contributed by atoms with E-state index in [9.17, 15) is 0 Å². The summed E-state index contributed by atoms with van der Waals surface area (Å²) in [5.74, 6) is 0. The fraction of sp³-hybridized carbons (Fsp3) is 0.350. The lowest BCUT2D eigenvalue weighted by Crippen LogP contribution is -1.93. The summed E-state index contributed by atoms with van der Waals surface area (Å²) in [6.07, 6.45) is 1.25. The molecule has 114 valence electrons. The molecule has 0 atom stereocenters. The maximum absolute atomic E-state index is 4.65. The molecule has 0 aliphatic carbocycles. The van der Waals surface area contributed by atoms with Crippen molar-refractivity contribution in [1.82, 2.24) is 0 Å². The minimum absolute atomic E-state index is 1.05. The molecule has 2 aromatic carbocycles. The van der Waals surface area contributed by atoms with Crippen LogP contribution in [0.15, 0.2) is 59.6 Å². The summed E-state index contributed by atoms with van der Waals surface area (Å²) in [4.78, 5) is 4.65. The fourth-order valence-electron chi connectivity index (χ4n) is 1.61. The quantitative estimate of drug-likeness (QED) is 0.552. The second-order valence-electron chi connectivity index (χ2n) is 4.56. The molecule has 0 heterocycles. The van der Waals surface area contributed by atoms with Gasteiger partial charge in [-0.15, -0.1) is 0 Å². The van der Waals surface area contributed by atoms with Gasteiger partial charge < -0.3 is 0 Å². The Morgan fingerprint density at radius 1 is 0.857 bits per heavy atom. The van der Waals surface area contributed by atoms with E-state index in [2.05, 4.69) is 44.0 Å². The van der Waals surface area contributed by atoms with Crippen LogP contribution in [0.4, 0.5) is 5.69 Å². The zero-order chi connectivity index (χ0) is 16.1. The van der Waals surface area contributed by atoms with Crippen LogP contribution < -0.4 is 0 Å². The van der Waals surface area contributed by atoms with Gasteiger partial charge in [0.2, 0.25) is 0 Å². The van der Waals surface area contributed by atoms with Crippen LogP contribution in [-0.2, 0) is 0 Å². The standard InChI is InChI=1S/C15H15N.C3H8.C2H6/c1-12-8-6-7-11-15(12)16-13(2)14-9-4-3-5-10-14;1-3-2;1-2/h3-11H,1-2H3;3H2,1-2H3;1-2H3. The summed E-state index contributed by atoms with van der Waals surface area (Å²) in [5.41, 5.74) is 4.47. The Hall–Kier alpha value is -1.89. The van der Waals surface area contributed by atoms with Crippen molar-refractivity contribution >= 4 is 11.4 Å². The van der Waals surface area contributed by atoms with Crippen LogP contribution >= 0.6 is 0 Å². The third kappa shape index (κ3) is 7.45. The van der Waals surface area contributed by atoms with Crippen molar-refractivity contribution in [2.75, 3.05) is 0 Å². The zero-order valence-electron chi connectivity index (χ0n) is 14.4. The number of nitrogens with zero attached hydrogens (tertiary/aromatic N) is 1. The molecule has 0 saturated heterocycles. The van der Waals surface area contributed by atoms with Gasteiger partial charge in [0.1, 0.15) is 0 Å². The Balaban J connectivity index is 0.000000713. The second kappa shape index (κ2) is 11.9. The molecule has 0 aliphatic heterocycles. The first kappa shape index (κ1) is 19.1. The van der Waals surface area contributed by atoms with E-state index in [4.69, 9.17) is 0 Å². The first-order valence-electron chi connectivity index (χ1n) is 7.85. The number of para-hydroxylation sites is 1. The molecule has 2 rings (SSSR count). The van der Waals surface area contributed by atoms with Crippen LogP contribution in [0, 0.1) is 6.92 Å². The predicted molar refractivity (Wildman–Crippen MR) is 96.8 cm³/mol. The van der Waals surface area contributed by atoms with Crippen LogP contribution in [0.5, 0.6) is 0 Å². The van der Waals surface area contributed by atoms with Crippen molar-refractivity contribution in [2.45, 2.75) is 48.0 Å². The molecule has 21 heavy (non-hydrogen) atoms. The third-order valence-corrected chi connectivity index (χ3v) is 2.60. The number of hydrogen-bond acceptors (Lipinski definition) is 1. The lowest BCUT2D eigenvalue weighted by Gasteiger charge is -2.03. The Kier molecular flexibility index (Phi) is 10.8. The van der Waals surface area contributed by atoms with E-state index < -0.39 is 0 Å². The van der Waals surface area contributed by atoms with Crippen LogP contribution in [0.1, 0.15) is 52.2 Å². The number of rotatable bonds is 2. The monoisotopic (exact) mass is 283 g/mol. The van der Waals surface area contributed by atoms with Crippen molar-refractivity contribution in [3.8, 4) is 0 Å². The van der Waals surface area contributed by atoms with Gasteiger partial charge in [-0.3, -0.25) is 4.99 Å². The maximum Gasteiger partial charge on any atom is 0.0662 e. The van der Waals surface area contributed by atoms with Crippen molar-refractivity contribution in [3.05, 3.63) is 65.7 Å². The highest BCUT2D eigenvalue weighted by atomic mass is 14.7. The average molecular weight is 283 g/mol. The molecule has 0 spiro atoms. The first-order chi connectivity index (χ1) is 10.2. The summed E-state index contributed by atoms with van der Waals surface area (Å²) in [6, 6.07) is 18.4. The molecule has 0 bridgehead atoms. The molecule has 0 unspecified atom stereocenters. The summed E-state index contributed by atoms with van der Waals surface area (Å²) < 4.78 is 0. The van der Waals surface area contributed by atoms with Crippen molar-refractivity contribution in [2.24, 2.45) is 4.99 Å². The predicted octanol–water partition coefficient (Wildman–Crippen LogP) is 6.58. The van der Waals surface area contributed by atoms with E-state index in [1.807, 2.05) is 57.2 Å². The molecule has 0 aliphatic rings. The number of aliphatic imine (C=N–C) groups is 1. The van der Waals surface area contributed by atoms with Crippen molar-refractivity contribution < 1.29 is 0 Å². The van der Waals surface area contributed by atoms with Gasteiger partial charge in [-0.05, 0) is 31.0 Å². The molecule has 1 nitrogen and oxygen atoms in total. The van der Waals surface area contributed by atoms with E-state index in [0.29, 0.717) is 0 Å². The van der Waals surface area contributed by atoms with Gasteiger partial charge in [-0.25, -0.2) is 0 Å². The lowest BCUT2D eigenvalue weighted by molar-refractivity contribution is 1.09. The molecule has 0 amide bonds. The van der Waals surface area contributed by atoms with Crippen LogP contribution in [0.25, 0.3) is 0 Å². The Labute approximate surface area is 130 Å². The van der Waals surface area contributed by atoms with E-state index in [1.54, 1.807) is 0 Å². The maximum atomic E-state index is 4.65. The SMILES string of the molecule is CC.CC(=Nc1ccccc1C)c1ccccc1.CCC. The number of aryl methyl sites for hydroxylation is 1. The summed E-state index contributed by atoms with van der Waals surface area (Å²) in [5, 5.41) is 0. The summed E-state index contributed by atoms with van der Waals surface area (Å²) >= 11 is 0. The molecule has 0 saturated carbocycles. The summed E-state index contributed by atoms with van der Waals surface area (Å²) in [7, 11) is 0. The molecular formula is C20H29N. The molecule has 0 N–H and O–H groups in total. The largest absolute Gasteiger partial charge is 0.253 e. The highest BCUT2D eigenvalue weighted by Gasteiger charge is 1.98.